The molecule has 2 heterocycles. The number of benzene rings is 1. The molecule has 2 fully saturated rings. The Morgan fingerprint density at radius 3 is 2.63 bits per heavy atom. The van der Waals surface area contributed by atoms with Crippen molar-refractivity contribution in [3.05, 3.63) is 47.3 Å². The summed E-state index contributed by atoms with van der Waals surface area (Å²) in [6, 6.07) is 12.7. The van der Waals surface area contributed by atoms with Gasteiger partial charge in [-0.3, -0.25) is 9.59 Å². The summed E-state index contributed by atoms with van der Waals surface area (Å²) in [7, 11) is 0. The van der Waals surface area contributed by atoms with Crippen LogP contribution in [-0.2, 0) is 16.0 Å². The van der Waals surface area contributed by atoms with E-state index in [-0.39, 0.29) is 23.8 Å². The summed E-state index contributed by atoms with van der Waals surface area (Å²) in [4.78, 5) is 29.7. The molecule has 0 bridgehead atoms. The van der Waals surface area contributed by atoms with Crippen molar-refractivity contribution in [3.8, 4) is 10.4 Å². The quantitative estimate of drug-likeness (QED) is 0.718. The second-order valence-corrected chi connectivity index (χ2v) is 10.2. The van der Waals surface area contributed by atoms with Gasteiger partial charge in [-0.2, -0.15) is 0 Å². The van der Waals surface area contributed by atoms with Crippen molar-refractivity contribution in [2.24, 2.45) is 11.3 Å². The second-order valence-electron chi connectivity index (χ2n) is 9.21. The SMILES string of the molecule is CC(C)NC(=O)[C@]1(Cc2ccccc2-c2cccs2)CCN(C(=O)C2CCCC2)C1. The predicted molar refractivity (Wildman–Crippen MR) is 122 cm³/mol. The van der Waals surface area contributed by atoms with Crippen LogP contribution in [-0.4, -0.2) is 35.8 Å². The van der Waals surface area contributed by atoms with Gasteiger partial charge in [0.1, 0.15) is 0 Å². The zero-order chi connectivity index (χ0) is 21.1. The Morgan fingerprint density at radius 2 is 1.93 bits per heavy atom. The third kappa shape index (κ3) is 4.31. The Balaban J connectivity index is 1.62. The molecule has 5 heteroatoms. The van der Waals surface area contributed by atoms with Crippen molar-refractivity contribution in [2.75, 3.05) is 13.1 Å². The molecule has 4 nitrogen and oxygen atoms in total. The highest BCUT2D eigenvalue weighted by molar-refractivity contribution is 7.13. The van der Waals surface area contributed by atoms with Gasteiger partial charge in [0.2, 0.25) is 11.8 Å². The first kappa shape index (κ1) is 21.1. The largest absolute Gasteiger partial charge is 0.353 e. The Hall–Kier alpha value is -2.14. The standard InChI is InChI=1S/C25H32N2O2S/c1-18(2)26-24(29)25(13-14-27(17-25)23(28)19-8-3-4-9-19)16-20-10-5-6-11-21(20)22-12-7-15-30-22/h5-7,10-12,15,18-19H,3-4,8-9,13-14,16-17H2,1-2H3,(H,26,29)/t25-/m0/s1. The van der Waals surface area contributed by atoms with Gasteiger partial charge in [-0.25, -0.2) is 0 Å². The number of nitrogens with zero attached hydrogens (tertiary/aromatic N) is 1. The highest BCUT2D eigenvalue weighted by Crippen LogP contribution is 2.40. The fourth-order valence-corrected chi connectivity index (χ4v) is 5.81. The molecular weight excluding hydrogens is 392 g/mol. The Labute approximate surface area is 183 Å². The molecule has 1 atom stereocenters. The lowest BCUT2D eigenvalue weighted by atomic mass is 9.78. The number of carbonyl (C=O) groups excluding carboxylic acids is 2. The Bertz CT molecular complexity index is 886. The molecule has 1 N–H and O–H groups in total. The normalized spacial score (nSPS) is 22.0. The minimum absolute atomic E-state index is 0.0835. The Kier molecular flexibility index (Phi) is 6.28. The zero-order valence-corrected chi connectivity index (χ0v) is 18.8. The summed E-state index contributed by atoms with van der Waals surface area (Å²) in [6.45, 7) is 5.21. The summed E-state index contributed by atoms with van der Waals surface area (Å²) in [5.41, 5.74) is 1.82. The lowest BCUT2D eigenvalue weighted by molar-refractivity contribution is -0.136. The van der Waals surface area contributed by atoms with Crippen molar-refractivity contribution in [2.45, 2.75) is 58.4 Å². The molecule has 4 rings (SSSR count). The van der Waals surface area contributed by atoms with E-state index in [4.69, 9.17) is 0 Å². The summed E-state index contributed by atoms with van der Waals surface area (Å²) >= 11 is 1.72. The van der Waals surface area contributed by atoms with Crippen LogP contribution in [0.2, 0.25) is 0 Å². The van der Waals surface area contributed by atoms with Gasteiger partial charge in [-0.1, -0.05) is 43.2 Å². The van der Waals surface area contributed by atoms with E-state index in [1.807, 2.05) is 18.7 Å². The fraction of sp³-hybridized carbons (Fsp3) is 0.520. The molecule has 0 spiro atoms. The van der Waals surface area contributed by atoms with Crippen molar-refractivity contribution in [3.63, 3.8) is 0 Å². The molecule has 30 heavy (non-hydrogen) atoms. The molecule has 1 aromatic heterocycles. The molecule has 2 amide bonds. The van der Waals surface area contributed by atoms with E-state index in [1.54, 1.807) is 11.3 Å². The van der Waals surface area contributed by atoms with Gasteiger partial charge in [0.25, 0.3) is 0 Å². The van der Waals surface area contributed by atoms with Crippen LogP contribution >= 0.6 is 11.3 Å². The van der Waals surface area contributed by atoms with Crippen molar-refractivity contribution in [1.29, 1.82) is 0 Å². The number of hydrogen-bond acceptors (Lipinski definition) is 3. The van der Waals surface area contributed by atoms with Gasteiger partial charge in [-0.05, 0) is 62.1 Å². The number of hydrogen-bond donors (Lipinski definition) is 1. The first-order valence-electron chi connectivity index (χ1n) is 11.2. The molecule has 0 radical (unpaired) electrons. The topological polar surface area (TPSA) is 49.4 Å². The maximum atomic E-state index is 13.4. The average molecular weight is 425 g/mol. The van der Waals surface area contributed by atoms with Crippen LogP contribution in [0, 0.1) is 11.3 Å². The summed E-state index contributed by atoms with van der Waals surface area (Å²) in [6.07, 6.45) is 5.69. The van der Waals surface area contributed by atoms with Gasteiger partial charge in [0, 0.05) is 29.9 Å². The fourth-order valence-electron chi connectivity index (χ4n) is 5.03. The van der Waals surface area contributed by atoms with Crippen molar-refractivity contribution >= 4 is 23.2 Å². The second kappa shape index (κ2) is 8.93. The molecule has 0 unspecified atom stereocenters. The van der Waals surface area contributed by atoms with Crippen molar-refractivity contribution < 1.29 is 9.59 Å². The molecule has 1 aliphatic carbocycles. The van der Waals surface area contributed by atoms with Gasteiger partial charge in [-0.15, -0.1) is 11.3 Å². The minimum Gasteiger partial charge on any atom is -0.353 e. The maximum absolute atomic E-state index is 13.4. The van der Waals surface area contributed by atoms with E-state index < -0.39 is 5.41 Å². The number of thiophene rings is 1. The van der Waals surface area contributed by atoms with E-state index in [1.165, 1.54) is 16.0 Å². The summed E-state index contributed by atoms with van der Waals surface area (Å²) in [5, 5.41) is 5.24. The van der Waals surface area contributed by atoms with Crippen LogP contribution in [0.5, 0.6) is 0 Å². The zero-order valence-electron chi connectivity index (χ0n) is 18.0. The van der Waals surface area contributed by atoms with E-state index in [9.17, 15) is 9.59 Å². The maximum Gasteiger partial charge on any atom is 0.228 e. The molecular formula is C25H32N2O2S. The summed E-state index contributed by atoms with van der Waals surface area (Å²) in [5.74, 6) is 0.505. The lowest BCUT2D eigenvalue weighted by Crippen LogP contribution is -2.47. The van der Waals surface area contributed by atoms with E-state index in [2.05, 4.69) is 47.1 Å². The molecule has 1 saturated heterocycles. The number of carbonyl (C=O) groups is 2. The first-order chi connectivity index (χ1) is 14.5. The van der Waals surface area contributed by atoms with Crippen LogP contribution < -0.4 is 5.32 Å². The number of likely N-dealkylation sites (tertiary alicyclic amines) is 1. The minimum atomic E-state index is -0.564. The van der Waals surface area contributed by atoms with Gasteiger partial charge in [0.05, 0.1) is 5.41 Å². The van der Waals surface area contributed by atoms with Gasteiger partial charge < -0.3 is 10.2 Å². The van der Waals surface area contributed by atoms with E-state index in [0.29, 0.717) is 19.5 Å². The summed E-state index contributed by atoms with van der Waals surface area (Å²) < 4.78 is 0. The predicted octanol–water partition coefficient (Wildman–Crippen LogP) is 4.89. The Morgan fingerprint density at radius 1 is 1.17 bits per heavy atom. The van der Waals surface area contributed by atoms with Crippen LogP contribution in [0.3, 0.4) is 0 Å². The third-order valence-electron chi connectivity index (χ3n) is 6.60. The van der Waals surface area contributed by atoms with Gasteiger partial charge in [0.15, 0.2) is 0 Å². The van der Waals surface area contributed by atoms with Crippen LogP contribution in [0.25, 0.3) is 10.4 Å². The number of amides is 2. The highest BCUT2D eigenvalue weighted by atomic mass is 32.1. The van der Waals surface area contributed by atoms with Gasteiger partial charge >= 0.3 is 0 Å². The number of nitrogens with one attached hydrogen (secondary N) is 1. The van der Waals surface area contributed by atoms with E-state index in [0.717, 1.165) is 32.1 Å². The average Bonchev–Trinajstić information content (AvgIpc) is 3.49. The van der Waals surface area contributed by atoms with Crippen LogP contribution in [0.4, 0.5) is 0 Å². The molecule has 1 saturated carbocycles. The highest BCUT2D eigenvalue weighted by Gasteiger charge is 2.47. The van der Waals surface area contributed by atoms with Crippen LogP contribution in [0.15, 0.2) is 41.8 Å². The monoisotopic (exact) mass is 424 g/mol. The lowest BCUT2D eigenvalue weighted by Gasteiger charge is -2.30. The molecule has 2 aliphatic rings. The van der Waals surface area contributed by atoms with Crippen LogP contribution in [0.1, 0.15) is 51.5 Å². The smallest absolute Gasteiger partial charge is 0.228 e. The molecule has 1 aromatic carbocycles. The number of rotatable bonds is 6. The molecule has 2 aromatic rings. The van der Waals surface area contributed by atoms with Crippen molar-refractivity contribution in [1.82, 2.24) is 10.2 Å². The van der Waals surface area contributed by atoms with E-state index >= 15 is 0 Å². The molecule has 1 aliphatic heterocycles. The first-order valence-corrected chi connectivity index (χ1v) is 12.1. The third-order valence-corrected chi connectivity index (χ3v) is 7.51. The molecule has 160 valence electrons.